The number of hydrogen-bond acceptors (Lipinski definition) is 4. The summed E-state index contributed by atoms with van der Waals surface area (Å²) in [5, 5.41) is 4.37. The molecule has 2 heterocycles. The molecule has 18 heavy (non-hydrogen) atoms. The molecule has 0 fully saturated rings. The number of ether oxygens (including phenoxy) is 1. The average molecular weight is 244 g/mol. The van der Waals surface area contributed by atoms with E-state index in [0.29, 0.717) is 18.4 Å². The number of carbonyl (C=O) groups excluding carboxylic acids is 2. The maximum absolute atomic E-state index is 12.3. The van der Waals surface area contributed by atoms with Gasteiger partial charge in [0.05, 0.1) is 23.9 Å². The van der Waals surface area contributed by atoms with E-state index in [1.165, 1.54) is 7.11 Å². The summed E-state index contributed by atoms with van der Waals surface area (Å²) in [5.74, 6) is -1.32. The van der Waals surface area contributed by atoms with Gasteiger partial charge in [-0.3, -0.25) is 9.59 Å². The Labute approximate surface area is 103 Å². The Morgan fingerprint density at radius 2 is 2.33 bits per heavy atom. The zero-order chi connectivity index (χ0) is 12.7. The fraction of sp³-hybridized carbons (Fsp3) is 0.308. The summed E-state index contributed by atoms with van der Waals surface area (Å²) in [6.07, 6.45) is 2.90. The molecule has 0 amide bonds. The highest BCUT2D eigenvalue weighted by molar-refractivity contribution is 6.13. The van der Waals surface area contributed by atoms with Gasteiger partial charge in [0.25, 0.3) is 0 Å². The number of nitrogens with zero attached hydrogens (tertiary/aromatic N) is 2. The Kier molecular flexibility index (Phi) is 2.40. The van der Waals surface area contributed by atoms with E-state index in [-0.39, 0.29) is 5.78 Å². The normalized spacial score (nSPS) is 18.7. The molecule has 0 saturated carbocycles. The van der Waals surface area contributed by atoms with E-state index in [1.54, 1.807) is 10.7 Å². The van der Waals surface area contributed by atoms with Gasteiger partial charge in [0, 0.05) is 6.20 Å². The Bertz CT molecular complexity index is 645. The number of rotatable bonds is 1. The first-order chi connectivity index (χ1) is 8.72. The summed E-state index contributed by atoms with van der Waals surface area (Å²) >= 11 is 0. The van der Waals surface area contributed by atoms with E-state index in [9.17, 15) is 9.59 Å². The van der Waals surface area contributed by atoms with Crippen LogP contribution in [-0.2, 0) is 16.0 Å². The smallest absolute Gasteiger partial charge is 0.316 e. The first kappa shape index (κ1) is 11.0. The predicted molar refractivity (Wildman–Crippen MR) is 63.3 cm³/mol. The minimum absolute atomic E-state index is 0.177. The molecule has 0 saturated heterocycles. The SMILES string of the molecule is COC(=O)C1CCc2nn3ccccc3c2C1=O. The van der Waals surface area contributed by atoms with Gasteiger partial charge in [-0.1, -0.05) is 6.07 Å². The van der Waals surface area contributed by atoms with Crippen molar-refractivity contribution in [2.24, 2.45) is 5.92 Å². The van der Waals surface area contributed by atoms with Crippen LogP contribution in [0.15, 0.2) is 24.4 Å². The van der Waals surface area contributed by atoms with Crippen LogP contribution < -0.4 is 0 Å². The van der Waals surface area contributed by atoms with Gasteiger partial charge in [-0.2, -0.15) is 5.10 Å². The van der Waals surface area contributed by atoms with Crippen molar-refractivity contribution >= 4 is 17.3 Å². The van der Waals surface area contributed by atoms with Gasteiger partial charge >= 0.3 is 5.97 Å². The number of aromatic nitrogens is 2. The molecule has 0 N–H and O–H groups in total. The molecule has 1 atom stereocenters. The number of esters is 1. The topological polar surface area (TPSA) is 60.7 Å². The van der Waals surface area contributed by atoms with Gasteiger partial charge in [-0.05, 0) is 25.0 Å². The number of fused-ring (bicyclic) bond motifs is 3. The molecule has 2 aromatic rings. The number of aryl methyl sites for hydroxylation is 1. The monoisotopic (exact) mass is 244 g/mol. The van der Waals surface area contributed by atoms with Gasteiger partial charge in [0.2, 0.25) is 0 Å². The lowest BCUT2D eigenvalue weighted by atomic mass is 9.85. The van der Waals surface area contributed by atoms with Crippen molar-refractivity contribution < 1.29 is 14.3 Å². The van der Waals surface area contributed by atoms with Crippen molar-refractivity contribution in [1.29, 1.82) is 0 Å². The van der Waals surface area contributed by atoms with Gasteiger partial charge in [0.15, 0.2) is 5.78 Å². The third kappa shape index (κ3) is 1.44. The lowest BCUT2D eigenvalue weighted by Crippen LogP contribution is -2.30. The van der Waals surface area contributed by atoms with E-state index in [1.807, 2.05) is 18.2 Å². The number of carbonyl (C=O) groups is 2. The average Bonchev–Trinajstić information content (AvgIpc) is 2.77. The first-order valence-corrected chi connectivity index (χ1v) is 5.80. The van der Waals surface area contributed by atoms with Gasteiger partial charge < -0.3 is 4.74 Å². The third-order valence-electron chi connectivity index (χ3n) is 3.33. The number of methoxy groups -OCH3 is 1. The molecule has 3 rings (SSSR count). The van der Waals surface area contributed by atoms with Crippen molar-refractivity contribution in [3.8, 4) is 0 Å². The number of Topliss-reactive ketones (excluding diaryl/α,β-unsaturated/α-hetero) is 1. The van der Waals surface area contributed by atoms with Crippen LogP contribution in [0.2, 0.25) is 0 Å². The second-order valence-corrected chi connectivity index (χ2v) is 4.33. The molecule has 2 aromatic heterocycles. The Morgan fingerprint density at radius 1 is 1.50 bits per heavy atom. The number of ketones is 1. The van der Waals surface area contributed by atoms with Crippen LogP contribution >= 0.6 is 0 Å². The Balaban J connectivity index is 2.14. The third-order valence-corrected chi connectivity index (χ3v) is 3.33. The molecule has 1 unspecified atom stereocenters. The second kappa shape index (κ2) is 3.94. The quantitative estimate of drug-likeness (QED) is 0.559. The van der Waals surface area contributed by atoms with Crippen LogP contribution in [0.1, 0.15) is 22.5 Å². The van der Waals surface area contributed by atoms with Crippen molar-refractivity contribution in [2.45, 2.75) is 12.8 Å². The minimum Gasteiger partial charge on any atom is -0.468 e. The van der Waals surface area contributed by atoms with Crippen LogP contribution in [0.4, 0.5) is 0 Å². The van der Waals surface area contributed by atoms with E-state index < -0.39 is 11.9 Å². The number of pyridine rings is 1. The summed E-state index contributed by atoms with van der Waals surface area (Å²) in [4.78, 5) is 23.9. The highest BCUT2D eigenvalue weighted by atomic mass is 16.5. The molecular weight excluding hydrogens is 232 g/mol. The maximum atomic E-state index is 12.3. The van der Waals surface area contributed by atoms with Crippen LogP contribution in [0.3, 0.4) is 0 Å². The van der Waals surface area contributed by atoms with Crippen LogP contribution in [0.5, 0.6) is 0 Å². The zero-order valence-corrected chi connectivity index (χ0v) is 9.92. The Hall–Kier alpha value is -2.17. The van der Waals surface area contributed by atoms with Crippen LogP contribution in [0, 0.1) is 5.92 Å². The van der Waals surface area contributed by atoms with Crippen molar-refractivity contribution in [3.05, 3.63) is 35.7 Å². The van der Waals surface area contributed by atoms with Gasteiger partial charge in [-0.15, -0.1) is 0 Å². The lowest BCUT2D eigenvalue weighted by molar-refractivity contribution is -0.143. The molecule has 5 nitrogen and oxygen atoms in total. The second-order valence-electron chi connectivity index (χ2n) is 4.33. The molecule has 0 aliphatic heterocycles. The first-order valence-electron chi connectivity index (χ1n) is 5.80. The summed E-state index contributed by atoms with van der Waals surface area (Å²) < 4.78 is 6.36. The standard InChI is InChI=1S/C13H12N2O3/c1-18-13(17)8-5-6-9-11(12(8)16)10-4-2-3-7-15(10)14-9/h2-4,7-8H,5-6H2,1H3. The molecule has 92 valence electrons. The molecule has 0 aromatic carbocycles. The number of hydrogen-bond donors (Lipinski definition) is 0. The highest BCUT2D eigenvalue weighted by Crippen LogP contribution is 2.28. The van der Waals surface area contributed by atoms with Crippen molar-refractivity contribution in [1.82, 2.24) is 9.61 Å². The maximum Gasteiger partial charge on any atom is 0.316 e. The summed E-state index contributed by atoms with van der Waals surface area (Å²) in [6, 6.07) is 5.55. The molecule has 1 aliphatic rings. The van der Waals surface area contributed by atoms with Gasteiger partial charge in [-0.25, -0.2) is 4.52 Å². The molecular formula is C13H12N2O3. The fourth-order valence-corrected chi connectivity index (χ4v) is 2.44. The van der Waals surface area contributed by atoms with Crippen molar-refractivity contribution in [2.75, 3.05) is 7.11 Å². The largest absolute Gasteiger partial charge is 0.468 e. The molecule has 0 bridgehead atoms. The minimum atomic E-state index is -0.685. The van der Waals surface area contributed by atoms with Crippen LogP contribution in [0.25, 0.3) is 5.52 Å². The molecule has 0 radical (unpaired) electrons. The van der Waals surface area contributed by atoms with Gasteiger partial charge in [0.1, 0.15) is 5.92 Å². The Morgan fingerprint density at radius 3 is 3.11 bits per heavy atom. The van der Waals surface area contributed by atoms with Crippen LogP contribution in [-0.4, -0.2) is 28.5 Å². The van der Waals surface area contributed by atoms with E-state index >= 15 is 0 Å². The van der Waals surface area contributed by atoms with E-state index in [0.717, 1.165) is 11.2 Å². The van der Waals surface area contributed by atoms with E-state index in [2.05, 4.69) is 9.84 Å². The fourth-order valence-electron chi connectivity index (χ4n) is 2.44. The summed E-state index contributed by atoms with van der Waals surface area (Å²) in [5.41, 5.74) is 2.09. The molecule has 5 heteroatoms. The molecule has 1 aliphatic carbocycles. The summed E-state index contributed by atoms with van der Waals surface area (Å²) in [6.45, 7) is 0. The molecule has 0 spiro atoms. The lowest BCUT2D eigenvalue weighted by Gasteiger charge is -2.17. The summed E-state index contributed by atoms with van der Waals surface area (Å²) in [7, 11) is 1.31. The van der Waals surface area contributed by atoms with E-state index in [4.69, 9.17) is 0 Å². The highest BCUT2D eigenvalue weighted by Gasteiger charge is 2.36. The zero-order valence-electron chi connectivity index (χ0n) is 9.92. The van der Waals surface area contributed by atoms with Crippen molar-refractivity contribution in [3.63, 3.8) is 0 Å². The predicted octanol–water partition coefficient (Wildman–Crippen LogP) is 1.25.